The molecule has 0 fully saturated rings. The van der Waals surface area contributed by atoms with Crippen molar-refractivity contribution in [3.8, 4) is 0 Å². The normalized spacial score (nSPS) is 10.3. The fourth-order valence-corrected chi connectivity index (χ4v) is 2.03. The molecule has 0 aliphatic carbocycles. The number of carbonyl (C=O) groups excluding carboxylic acids is 1. The zero-order chi connectivity index (χ0) is 12.8. The van der Waals surface area contributed by atoms with Gasteiger partial charge in [-0.25, -0.2) is 4.68 Å². The van der Waals surface area contributed by atoms with Crippen molar-refractivity contribution in [1.82, 2.24) is 25.2 Å². The smallest absolute Gasteiger partial charge is 0.327 e. The van der Waals surface area contributed by atoms with Gasteiger partial charge in [0.25, 0.3) is 0 Å². The van der Waals surface area contributed by atoms with Crippen molar-refractivity contribution in [3.63, 3.8) is 0 Å². The summed E-state index contributed by atoms with van der Waals surface area (Å²) < 4.78 is 5.98. The monoisotopic (exact) mass is 265 g/mol. The van der Waals surface area contributed by atoms with Crippen molar-refractivity contribution in [2.75, 3.05) is 7.11 Å². The Kier molecular flexibility index (Phi) is 4.24. The molecule has 8 heteroatoms. The van der Waals surface area contributed by atoms with Crippen molar-refractivity contribution < 1.29 is 9.53 Å². The maximum absolute atomic E-state index is 11.1. The van der Waals surface area contributed by atoms with Gasteiger partial charge in [0.2, 0.25) is 5.16 Å². The number of carbonyl (C=O) groups is 1. The predicted molar refractivity (Wildman–Crippen MR) is 63.6 cm³/mol. The molecule has 0 N–H and O–H groups in total. The third-order valence-corrected chi connectivity index (χ3v) is 3.12. The highest BCUT2D eigenvalue weighted by molar-refractivity contribution is 7.98. The van der Waals surface area contributed by atoms with Gasteiger partial charge in [-0.15, -0.1) is 5.10 Å². The fourth-order valence-electron chi connectivity index (χ4n) is 1.22. The number of thioether (sulfide) groups is 1. The summed E-state index contributed by atoms with van der Waals surface area (Å²) in [5.74, 6) is 0.306. The number of nitrogens with zero attached hydrogens (tertiary/aromatic N) is 5. The molecule has 0 saturated carbocycles. The maximum Gasteiger partial charge on any atom is 0.327 e. The van der Waals surface area contributed by atoms with Crippen LogP contribution < -0.4 is 0 Å². The zero-order valence-corrected chi connectivity index (χ0v) is 10.5. The van der Waals surface area contributed by atoms with Gasteiger partial charge >= 0.3 is 5.97 Å². The number of tetrazole rings is 1. The first-order valence-corrected chi connectivity index (χ1v) is 6.13. The predicted octanol–water partition coefficient (Wildman–Crippen LogP) is 0.533. The van der Waals surface area contributed by atoms with Crippen LogP contribution in [-0.2, 0) is 21.8 Å². The first-order chi connectivity index (χ1) is 8.79. The van der Waals surface area contributed by atoms with E-state index >= 15 is 0 Å². The van der Waals surface area contributed by atoms with Gasteiger partial charge in [0.05, 0.1) is 7.11 Å². The summed E-state index contributed by atoms with van der Waals surface area (Å²) in [6.07, 6.45) is 3.50. The van der Waals surface area contributed by atoms with E-state index in [1.54, 1.807) is 12.4 Å². The van der Waals surface area contributed by atoms with Crippen LogP contribution in [0.1, 0.15) is 5.56 Å². The molecule has 2 aromatic rings. The Morgan fingerprint density at radius 1 is 1.56 bits per heavy atom. The highest BCUT2D eigenvalue weighted by atomic mass is 32.2. The maximum atomic E-state index is 11.1. The number of ether oxygens (including phenoxy) is 1. The minimum atomic E-state index is -0.384. The average Bonchev–Trinajstić information content (AvgIpc) is 2.84. The van der Waals surface area contributed by atoms with Crippen LogP contribution in [0.5, 0.6) is 0 Å². The van der Waals surface area contributed by atoms with Gasteiger partial charge in [0.1, 0.15) is 6.54 Å². The molecule has 0 amide bonds. The molecule has 7 nitrogen and oxygen atoms in total. The number of rotatable bonds is 5. The molecule has 0 saturated heterocycles. The molecule has 2 heterocycles. The number of hydrogen-bond acceptors (Lipinski definition) is 7. The van der Waals surface area contributed by atoms with E-state index in [1.165, 1.54) is 23.6 Å². The van der Waals surface area contributed by atoms with E-state index < -0.39 is 0 Å². The van der Waals surface area contributed by atoms with Crippen molar-refractivity contribution in [3.05, 3.63) is 30.1 Å². The molecular formula is C10H11N5O2S. The number of hydrogen-bond donors (Lipinski definition) is 0. The lowest BCUT2D eigenvalue weighted by Crippen LogP contribution is -2.13. The topological polar surface area (TPSA) is 82.8 Å². The Labute approximate surface area is 108 Å². The van der Waals surface area contributed by atoms with Crippen LogP contribution >= 0.6 is 11.8 Å². The van der Waals surface area contributed by atoms with Crippen molar-refractivity contribution in [2.45, 2.75) is 17.5 Å². The lowest BCUT2D eigenvalue weighted by Gasteiger charge is -2.02. The summed E-state index contributed by atoms with van der Waals surface area (Å²) >= 11 is 1.44. The van der Waals surface area contributed by atoms with E-state index in [-0.39, 0.29) is 12.5 Å². The summed E-state index contributed by atoms with van der Waals surface area (Å²) in [7, 11) is 1.33. The standard InChI is InChI=1S/C10H11N5O2S/c1-17-9(16)6-15-10(12-13-14-15)18-7-8-3-2-4-11-5-8/h2-5H,6-7H2,1H3. The molecule has 0 spiro atoms. The molecule has 0 unspecified atom stereocenters. The number of pyridine rings is 1. The van der Waals surface area contributed by atoms with E-state index in [1.807, 2.05) is 12.1 Å². The van der Waals surface area contributed by atoms with Gasteiger partial charge in [-0.1, -0.05) is 17.8 Å². The van der Waals surface area contributed by atoms with Crippen LogP contribution in [0.15, 0.2) is 29.7 Å². The number of aromatic nitrogens is 5. The second-order valence-corrected chi connectivity index (χ2v) is 4.29. The number of methoxy groups -OCH3 is 1. The molecule has 2 rings (SSSR count). The van der Waals surface area contributed by atoms with Crippen LogP contribution in [-0.4, -0.2) is 38.3 Å². The van der Waals surface area contributed by atoms with Gasteiger partial charge in [-0.3, -0.25) is 9.78 Å². The Morgan fingerprint density at radius 2 is 2.44 bits per heavy atom. The first kappa shape index (κ1) is 12.5. The van der Waals surface area contributed by atoms with Gasteiger partial charge < -0.3 is 4.74 Å². The van der Waals surface area contributed by atoms with Crippen LogP contribution in [0.2, 0.25) is 0 Å². The third-order valence-electron chi connectivity index (χ3n) is 2.10. The minimum Gasteiger partial charge on any atom is -0.468 e. The van der Waals surface area contributed by atoms with Crippen LogP contribution in [0, 0.1) is 0 Å². The van der Waals surface area contributed by atoms with Crippen LogP contribution in [0.3, 0.4) is 0 Å². The molecular weight excluding hydrogens is 254 g/mol. The van der Waals surface area contributed by atoms with Gasteiger partial charge in [0.15, 0.2) is 0 Å². The molecule has 94 valence electrons. The molecule has 2 aromatic heterocycles. The van der Waals surface area contributed by atoms with Crippen molar-refractivity contribution >= 4 is 17.7 Å². The van der Waals surface area contributed by atoms with E-state index in [2.05, 4.69) is 25.2 Å². The molecule has 18 heavy (non-hydrogen) atoms. The second kappa shape index (κ2) is 6.10. The SMILES string of the molecule is COC(=O)Cn1nnnc1SCc1cccnc1. The lowest BCUT2D eigenvalue weighted by atomic mass is 10.3. The van der Waals surface area contributed by atoms with E-state index in [0.717, 1.165) is 5.56 Å². The largest absolute Gasteiger partial charge is 0.468 e. The summed E-state index contributed by atoms with van der Waals surface area (Å²) in [6.45, 7) is 0.0128. The van der Waals surface area contributed by atoms with Crippen molar-refractivity contribution in [2.24, 2.45) is 0 Å². The van der Waals surface area contributed by atoms with Gasteiger partial charge in [0, 0.05) is 18.1 Å². The third kappa shape index (κ3) is 3.27. The van der Waals surface area contributed by atoms with E-state index in [4.69, 9.17) is 0 Å². The van der Waals surface area contributed by atoms with Gasteiger partial charge in [-0.05, 0) is 22.1 Å². The van der Waals surface area contributed by atoms with Crippen LogP contribution in [0.4, 0.5) is 0 Å². The summed E-state index contributed by atoms with van der Waals surface area (Å²) in [5.41, 5.74) is 1.06. The Balaban J connectivity index is 1.98. The molecule has 0 atom stereocenters. The Morgan fingerprint density at radius 3 is 3.17 bits per heavy atom. The van der Waals surface area contributed by atoms with E-state index in [0.29, 0.717) is 10.9 Å². The quantitative estimate of drug-likeness (QED) is 0.576. The lowest BCUT2D eigenvalue weighted by molar-refractivity contribution is -0.141. The number of esters is 1. The zero-order valence-electron chi connectivity index (χ0n) is 9.68. The summed E-state index contributed by atoms with van der Waals surface area (Å²) in [4.78, 5) is 15.2. The van der Waals surface area contributed by atoms with Crippen LogP contribution in [0.25, 0.3) is 0 Å². The highest BCUT2D eigenvalue weighted by Crippen LogP contribution is 2.19. The Bertz CT molecular complexity index is 516. The highest BCUT2D eigenvalue weighted by Gasteiger charge is 2.11. The molecule has 0 aromatic carbocycles. The molecule has 0 aliphatic heterocycles. The molecule has 0 bridgehead atoms. The minimum absolute atomic E-state index is 0.0128. The second-order valence-electron chi connectivity index (χ2n) is 3.35. The van der Waals surface area contributed by atoms with E-state index in [9.17, 15) is 4.79 Å². The summed E-state index contributed by atoms with van der Waals surface area (Å²) in [5, 5.41) is 11.7. The molecule has 0 radical (unpaired) electrons. The molecule has 0 aliphatic rings. The fraction of sp³-hybridized carbons (Fsp3) is 0.300. The van der Waals surface area contributed by atoms with Crippen molar-refractivity contribution in [1.29, 1.82) is 0 Å². The first-order valence-electron chi connectivity index (χ1n) is 5.14. The Hall–Kier alpha value is -1.96. The summed E-state index contributed by atoms with van der Waals surface area (Å²) in [6, 6.07) is 3.84. The average molecular weight is 265 g/mol. The van der Waals surface area contributed by atoms with Gasteiger partial charge in [-0.2, -0.15) is 0 Å².